The SMILES string of the molecule is CC(c1ccc(Cl)cc1Cl)N1CCCN2CCCC2C1. The third-order valence-electron chi connectivity index (χ3n) is 4.80. The first-order valence-corrected chi connectivity index (χ1v) is 8.34. The van der Waals surface area contributed by atoms with Crippen LogP contribution >= 0.6 is 23.2 Å². The summed E-state index contributed by atoms with van der Waals surface area (Å²) in [5.74, 6) is 0. The van der Waals surface area contributed by atoms with Gasteiger partial charge in [-0.05, 0) is 57.0 Å². The van der Waals surface area contributed by atoms with Gasteiger partial charge in [0.25, 0.3) is 0 Å². The van der Waals surface area contributed by atoms with Crippen LogP contribution in [0.2, 0.25) is 10.0 Å². The summed E-state index contributed by atoms with van der Waals surface area (Å²) in [6.07, 6.45) is 3.96. The van der Waals surface area contributed by atoms with Crippen LogP contribution in [0.15, 0.2) is 18.2 Å². The molecular weight excluding hydrogens is 291 g/mol. The lowest BCUT2D eigenvalue weighted by atomic mass is 10.1. The molecule has 2 unspecified atom stereocenters. The molecule has 0 N–H and O–H groups in total. The third-order valence-corrected chi connectivity index (χ3v) is 5.36. The summed E-state index contributed by atoms with van der Waals surface area (Å²) in [4.78, 5) is 5.25. The molecule has 0 aromatic heterocycles. The Morgan fingerprint density at radius 2 is 1.95 bits per heavy atom. The molecule has 0 radical (unpaired) electrons. The Bertz CT molecular complexity index is 478. The van der Waals surface area contributed by atoms with Crippen molar-refractivity contribution in [2.24, 2.45) is 0 Å². The van der Waals surface area contributed by atoms with E-state index in [0.29, 0.717) is 11.1 Å². The molecule has 1 aromatic rings. The molecule has 0 saturated carbocycles. The van der Waals surface area contributed by atoms with Gasteiger partial charge in [0.05, 0.1) is 0 Å². The van der Waals surface area contributed by atoms with E-state index in [2.05, 4.69) is 22.8 Å². The van der Waals surface area contributed by atoms with Crippen molar-refractivity contribution >= 4 is 23.2 Å². The van der Waals surface area contributed by atoms with Gasteiger partial charge in [0.1, 0.15) is 0 Å². The van der Waals surface area contributed by atoms with Crippen molar-refractivity contribution in [2.45, 2.75) is 38.3 Å². The number of halogens is 2. The number of hydrogen-bond acceptors (Lipinski definition) is 2. The number of nitrogens with zero attached hydrogens (tertiary/aromatic N) is 2. The molecule has 0 spiro atoms. The zero-order chi connectivity index (χ0) is 14.1. The Kier molecular flexibility index (Phi) is 4.56. The first-order valence-electron chi connectivity index (χ1n) is 7.58. The van der Waals surface area contributed by atoms with E-state index in [1.807, 2.05) is 12.1 Å². The molecule has 0 amide bonds. The van der Waals surface area contributed by atoms with Gasteiger partial charge in [-0.25, -0.2) is 0 Å². The maximum atomic E-state index is 6.37. The molecule has 2 heterocycles. The summed E-state index contributed by atoms with van der Waals surface area (Å²) in [5.41, 5.74) is 1.20. The molecule has 3 rings (SSSR count). The second-order valence-electron chi connectivity index (χ2n) is 6.02. The van der Waals surface area contributed by atoms with E-state index in [4.69, 9.17) is 23.2 Å². The molecule has 1 aromatic carbocycles. The summed E-state index contributed by atoms with van der Waals surface area (Å²) in [6, 6.07) is 6.98. The fourth-order valence-electron chi connectivity index (χ4n) is 3.62. The van der Waals surface area contributed by atoms with Gasteiger partial charge in [-0.3, -0.25) is 9.80 Å². The molecular formula is C16H22Cl2N2. The topological polar surface area (TPSA) is 6.48 Å². The van der Waals surface area contributed by atoms with Crippen molar-refractivity contribution in [3.8, 4) is 0 Å². The zero-order valence-electron chi connectivity index (χ0n) is 12.0. The Hall–Kier alpha value is -0.280. The molecule has 110 valence electrons. The number of benzene rings is 1. The minimum absolute atomic E-state index is 0.361. The molecule has 2 saturated heterocycles. The molecule has 4 heteroatoms. The van der Waals surface area contributed by atoms with Gasteiger partial charge in [-0.2, -0.15) is 0 Å². The van der Waals surface area contributed by atoms with E-state index in [1.54, 1.807) is 0 Å². The summed E-state index contributed by atoms with van der Waals surface area (Å²) in [7, 11) is 0. The van der Waals surface area contributed by atoms with Crippen LogP contribution in [0.5, 0.6) is 0 Å². The molecule has 0 bridgehead atoms. The Morgan fingerprint density at radius 3 is 2.75 bits per heavy atom. The number of hydrogen-bond donors (Lipinski definition) is 0. The lowest BCUT2D eigenvalue weighted by Gasteiger charge is -2.31. The number of rotatable bonds is 2. The third kappa shape index (κ3) is 2.99. The Labute approximate surface area is 131 Å². The highest BCUT2D eigenvalue weighted by Crippen LogP contribution is 2.32. The zero-order valence-corrected chi connectivity index (χ0v) is 13.5. The summed E-state index contributed by atoms with van der Waals surface area (Å²) in [5, 5.41) is 1.50. The lowest BCUT2D eigenvalue weighted by molar-refractivity contribution is 0.182. The fraction of sp³-hybridized carbons (Fsp3) is 0.625. The van der Waals surface area contributed by atoms with Gasteiger partial charge in [0.2, 0.25) is 0 Å². The van der Waals surface area contributed by atoms with Gasteiger partial charge in [-0.1, -0.05) is 29.3 Å². The van der Waals surface area contributed by atoms with Crippen LogP contribution < -0.4 is 0 Å². The lowest BCUT2D eigenvalue weighted by Crippen LogP contribution is -2.37. The monoisotopic (exact) mass is 312 g/mol. The molecule has 2 atom stereocenters. The largest absolute Gasteiger partial charge is 0.299 e. The van der Waals surface area contributed by atoms with Crippen molar-refractivity contribution in [3.63, 3.8) is 0 Å². The van der Waals surface area contributed by atoms with Crippen molar-refractivity contribution in [1.29, 1.82) is 0 Å². The van der Waals surface area contributed by atoms with Crippen molar-refractivity contribution in [1.82, 2.24) is 9.80 Å². The molecule has 2 aliphatic rings. The van der Waals surface area contributed by atoms with Gasteiger partial charge in [0.15, 0.2) is 0 Å². The standard InChI is InChI=1S/C16H22Cl2N2/c1-12(15-6-5-13(17)10-16(15)18)20-9-3-8-19-7-2-4-14(19)11-20/h5-6,10,12,14H,2-4,7-9,11H2,1H3. The molecule has 2 fully saturated rings. The van der Waals surface area contributed by atoms with Crippen LogP contribution in [0.4, 0.5) is 0 Å². The van der Waals surface area contributed by atoms with E-state index in [1.165, 1.54) is 44.5 Å². The molecule has 20 heavy (non-hydrogen) atoms. The van der Waals surface area contributed by atoms with Crippen LogP contribution in [0.25, 0.3) is 0 Å². The number of fused-ring (bicyclic) bond motifs is 1. The summed E-state index contributed by atoms with van der Waals surface area (Å²) in [6.45, 7) is 7.13. The average molecular weight is 313 g/mol. The van der Waals surface area contributed by atoms with E-state index in [9.17, 15) is 0 Å². The quantitative estimate of drug-likeness (QED) is 0.806. The highest BCUT2D eigenvalue weighted by atomic mass is 35.5. The smallest absolute Gasteiger partial charge is 0.0468 e. The van der Waals surface area contributed by atoms with E-state index < -0.39 is 0 Å². The Balaban J connectivity index is 1.77. The fourth-order valence-corrected chi connectivity index (χ4v) is 4.19. The van der Waals surface area contributed by atoms with Crippen molar-refractivity contribution in [3.05, 3.63) is 33.8 Å². The predicted octanol–water partition coefficient (Wildman–Crippen LogP) is 4.22. The first-order chi connectivity index (χ1) is 9.65. The second-order valence-corrected chi connectivity index (χ2v) is 6.87. The van der Waals surface area contributed by atoms with Crippen LogP contribution in [0.3, 0.4) is 0 Å². The summed E-state index contributed by atoms with van der Waals surface area (Å²) < 4.78 is 0. The minimum atomic E-state index is 0.361. The minimum Gasteiger partial charge on any atom is -0.299 e. The van der Waals surface area contributed by atoms with E-state index in [-0.39, 0.29) is 0 Å². The van der Waals surface area contributed by atoms with Gasteiger partial charge >= 0.3 is 0 Å². The van der Waals surface area contributed by atoms with E-state index >= 15 is 0 Å². The predicted molar refractivity (Wildman–Crippen MR) is 85.7 cm³/mol. The highest BCUT2D eigenvalue weighted by molar-refractivity contribution is 6.35. The molecule has 2 aliphatic heterocycles. The van der Waals surface area contributed by atoms with Crippen LogP contribution in [-0.2, 0) is 0 Å². The van der Waals surface area contributed by atoms with E-state index in [0.717, 1.165) is 17.6 Å². The average Bonchev–Trinajstić information content (AvgIpc) is 2.75. The highest BCUT2D eigenvalue weighted by Gasteiger charge is 2.31. The van der Waals surface area contributed by atoms with Crippen LogP contribution in [-0.4, -0.2) is 42.0 Å². The van der Waals surface area contributed by atoms with Crippen LogP contribution in [0.1, 0.15) is 37.8 Å². The molecule has 0 aliphatic carbocycles. The maximum Gasteiger partial charge on any atom is 0.0468 e. The summed E-state index contributed by atoms with van der Waals surface area (Å²) >= 11 is 12.4. The normalized spacial score (nSPS) is 26.2. The first kappa shape index (κ1) is 14.6. The Morgan fingerprint density at radius 1 is 1.15 bits per heavy atom. The van der Waals surface area contributed by atoms with Gasteiger partial charge in [-0.15, -0.1) is 0 Å². The van der Waals surface area contributed by atoms with Crippen molar-refractivity contribution < 1.29 is 0 Å². The molecule has 2 nitrogen and oxygen atoms in total. The van der Waals surface area contributed by atoms with Gasteiger partial charge in [0, 0.05) is 35.2 Å². The van der Waals surface area contributed by atoms with Crippen molar-refractivity contribution in [2.75, 3.05) is 26.2 Å². The van der Waals surface area contributed by atoms with Gasteiger partial charge < -0.3 is 0 Å². The maximum absolute atomic E-state index is 6.37. The second kappa shape index (κ2) is 6.23. The van der Waals surface area contributed by atoms with Crippen LogP contribution in [0, 0.1) is 0 Å².